The average molecular weight is 187 g/mol. The van der Waals surface area contributed by atoms with Crippen molar-refractivity contribution in [3.05, 3.63) is 0 Å². The van der Waals surface area contributed by atoms with Gasteiger partial charge in [0.05, 0.1) is 0 Å². The highest BCUT2D eigenvalue weighted by Gasteiger charge is 2.31. The van der Waals surface area contributed by atoms with E-state index in [1.54, 1.807) is 0 Å². The lowest BCUT2D eigenvalue weighted by atomic mass is 10.6. The molecule has 0 aromatic rings. The molecule has 0 spiro atoms. The molecule has 0 bridgehead atoms. The molecule has 0 N–H and O–H groups in total. The zero-order valence-corrected chi connectivity index (χ0v) is 6.66. The van der Waals surface area contributed by atoms with Crippen LogP contribution >= 0.6 is 23.4 Å². The van der Waals surface area contributed by atoms with E-state index < -0.39 is 11.8 Å². The molecule has 10 heavy (non-hydrogen) atoms. The first-order valence-electron chi connectivity index (χ1n) is 2.53. The van der Waals surface area contributed by atoms with E-state index in [1.807, 2.05) is 0 Å². The standard InChI is InChI=1S/C4H5ClF2N2S/c1-9-3(2(6)7)10-4(5)8-9/h2-3H,1H3. The Morgan fingerprint density at radius 2 is 2.40 bits per heavy atom. The molecule has 0 aliphatic carbocycles. The number of hydrazone groups is 1. The lowest BCUT2D eigenvalue weighted by Crippen LogP contribution is -2.26. The largest absolute Gasteiger partial charge is 0.279 e. The zero-order valence-electron chi connectivity index (χ0n) is 5.09. The number of nitrogens with zero attached hydrogens (tertiary/aromatic N) is 2. The van der Waals surface area contributed by atoms with Gasteiger partial charge in [0.2, 0.25) is 0 Å². The molecule has 0 saturated heterocycles. The van der Waals surface area contributed by atoms with Gasteiger partial charge in [0.1, 0.15) is 0 Å². The molecular weight excluding hydrogens is 182 g/mol. The molecule has 6 heteroatoms. The molecule has 1 rings (SSSR count). The van der Waals surface area contributed by atoms with E-state index in [0.29, 0.717) is 0 Å². The molecule has 1 aliphatic heterocycles. The van der Waals surface area contributed by atoms with Crippen molar-refractivity contribution in [1.29, 1.82) is 0 Å². The van der Waals surface area contributed by atoms with E-state index in [2.05, 4.69) is 5.10 Å². The molecule has 58 valence electrons. The third kappa shape index (κ3) is 1.52. The minimum absolute atomic E-state index is 0.174. The van der Waals surface area contributed by atoms with Crippen LogP contribution in [0.5, 0.6) is 0 Å². The second kappa shape index (κ2) is 2.92. The van der Waals surface area contributed by atoms with Crippen LogP contribution in [0.15, 0.2) is 5.10 Å². The van der Waals surface area contributed by atoms with Crippen LogP contribution in [0.25, 0.3) is 0 Å². The van der Waals surface area contributed by atoms with Crippen molar-refractivity contribution in [2.24, 2.45) is 5.10 Å². The molecule has 0 radical (unpaired) electrons. The molecule has 0 saturated carbocycles. The minimum Gasteiger partial charge on any atom is -0.279 e. The highest BCUT2D eigenvalue weighted by atomic mass is 35.5. The van der Waals surface area contributed by atoms with Gasteiger partial charge in [0.25, 0.3) is 6.43 Å². The predicted molar refractivity (Wildman–Crippen MR) is 38.4 cm³/mol. The Morgan fingerprint density at radius 1 is 1.80 bits per heavy atom. The molecule has 0 fully saturated rings. The fraction of sp³-hybridized carbons (Fsp3) is 0.750. The highest BCUT2D eigenvalue weighted by Crippen LogP contribution is 2.30. The second-order valence-electron chi connectivity index (χ2n) is 1.77. The van der Waals surface area contributed by atoms with Gasteiger partial charge < -0.3 is 0 Å². The van der Waals surface area contributed by atoms with Crippen LogP contribution in [0.1, 0.15) is 0 Å². The van der Waals surface area contributed by atoms with E-state index in [4.69, 9.17) is 11.6 Å². The summed E-state index contributed by atoms with van der Waals surface area (Å²) in [7, 11) is 1.47. The monoisotopic (exact) mass is 186 g/mol. The maximum Gasteiger partial charge on any atom is 0.269 e. The van der Waals surface area contributed by atoms with Crippen molar-refractivity contribution in [3.63, 3.8) is 0 Å². The van der Waals surface area contributed by atoms with Crippen LogP contribution in [0, 0.1) is 0 Å². The van der Waals surface area contributed by atoms with Crippen LogP contribution < -0.4 is 0 Å². The maximum atomic E-state index is 12.0. The van der Waals surface area contributed by atoms with Gasteiger partial charge in [-0.15, -0.1) is 0 Å². The topological polar surface area (TPSA) is 15.6 Å². The zero-order chi connectivity index (χ0) is 7.72. The van der Waals surface area contributed by atoms with Gasteiger partial charge in [-0.2, -0.15) is 5.10 Å². The fourth-order valence-corrected chi connectivity index (χ4v) is 1.67. The van der Waals surface area contributed by atoms with Crippen molar-refractivity contribution in [2.45, 2.75) is 11.8 Å². The summed E-state index contributed by atoms with van der Waals surface area (Å²) in [5, 5.41) is 3.84. The van der Waals surface area contributed by atoms with E-state index in [9.17, 15) is 8.78 Å². The van der Waals surface area contributed by atoms with Gasteiger partial charge in [0.15, 0.2) is 9.88 Å². The first-order chi connectivity index (χ1) is 4.61. The summed E-state index contributed by atoms with van der Waals surface area (Å²) in [4.78, 5) is 0. The SMILES string of the molecule is CN1N=C(Cl)SC1C(F)F. The number of halogens is 3. The van der Waals surface area contributed by atoms with Crippen LogP contribution in [0.4, 0.5) is 8.78 Å². The van der Waals surface area contributed by atoms with Gasteiger partial charge in [-0.05, 0) is 0 Å². The van der Waals surface area contributed by atoms with Gasteiger partial charge in [-0.1, -0.05) is 23.4 Å². The lowest BCUT2D eigenvalue weighted by Gasteiger charge is -2.15. The molecule has 0 aromatic carbocycles. The van der Waals surface area contributed by atoms with E-state index >= 15 is 0 Å². The number of hydrogen-bond acceptors (Lipinski definition) is 3. The normalized spacial score (nSPS) is 25.9. The first kappa shape index (κ1) is 8.07. The van der Waals surface area contributed by atoms with Crippen LogP contribution in [0.2, 0.25) is 0 Å². The van der Waals surface area contributed by atoms with Crippen molar-refractivity contribution in [2.75, 3.05) is 7.05 Å². The van der Waals surface area contributed by atoms with Crippen molar-refractivity contribution in [1.82, 2.24) is 5.01 Å². The van der Waals surface area contributed by atoms with E-state index in [1.165, 1.54) is 7.05 Å². The Kier molecular flexibility index (Phi) is 2.36. The Labute approximate surface area is 66.2 Å². The minimum atomic E-state index is -2.41. The summed E-state index contributed by atoms with van der Waals surface area (Å²) in [5.74, 6) is 0. The van der Waals surface area contributed by atoms with Crippen LogP contribution in [0.3, 0.4) is 0 Å². The molecule has 0 amide bonds. The van der Waals surface area contributed by atoms with Crippen LogP contribution in [-0.2, 0) is 0 Å². The summed E-state index contributed by atoms with van der Waals surface area (Å²) < 4.78 is 24.1. The second-order valence-corrected chi connectivity index (χ2v) is 3.46. The Bertz CT molecular complexity index is 163. The molecule has 1 heterocycles. The molecule has 1 atom stereocenters. The summed E-state index contributed by atoms with van der Waals surface area (Å²) in [6.07, 6.45) is -2.41. The predicted octanol–water partition coefficient (Wildman–Crippen LogP) is 1.77. The quantitative estimate of drug-likeness (QED) is 0.620. The van der Waals surface area contributed by atoms with Crippen LogP contribution in [-0.4, -0.2) is 28.4 Å². The van der Waals surface area contributed by atoms with Gasteiger partial charge in [0, 0.05) is 7.05 Å². The van der Waals surface area contributed by atoms with E-state index in [-0.39, 0.29) is 4.50 Å². The maximum absolute atomic E-state index is 12.0. The molecular formula is C4H5ClF2N2S. The van der Waals surface area contributed by atoms with Crippen molar-refractivity contribution < 1.29 is 8.78 Å². The van der Waals surface area contributed by atoms with Crippen molar-refractivity contribution in [3.8, 4) is 0 Å². The lowest BCUT2D eigenvalue weighted by molar-refractivity contribution is 0.0871. The smallest absolute Gasteiger partial charge is 0.269 e. The summed E-state index contributed by atoms with van der Waals surface area (Å²) in [5.41, 5.74) is 0. The third-order valence-corrected chi connectivity index (χ3v) is 2.41. The Hall–Kier alpha value is -0.0300. The fourth-order valence-electron chi connectivity index (χ4n) is 0.595. The Balaban J connectivity index is 2.55. The molecule has 0 aromatic heterocycles. The Morgan fingerprint density at radius 3 is 2.60 bits per heavy atom. The third-order valence-electron chi connectivity index (χ3n) is 1.04. The summed E-state index contributed by atoms with van der Waals surface area (Å²) >= 11 is 6.26. The molecule has 1 aliphatic rings. The number of alkyl halides is 2. The molecule has 1 unspecified atom stereocenters. The highest BCUT2D eigenvalue weighted by molar-refractivity contribution is 8.17. The molecule has 2 nitrogen and oxygen atoms in total. The number of thioether (sulfide) groups is 1. The number of rotatable bonds is 1. The van der Waals surface area contributed by atoms with Gasteiger partial charge >= 0.3 is 0 Å². The number of hydrogen-bond donors (Lipinski definition) is 0. The average Bonchev–Trinajstić information content (AvgIpc) is 2.10. The van der Waals surface area contributed by atoms with Gasteiger partial charge in [-0.25, -0.2) is 8.78 Å². The van der Waals surface area contributed by atoms with E-state index in [0.717, 1.165) is 16.8 Å². The summed E-state index contributed by atoms with van der Waals surface area (Å²) in [6.45, 7) is 0. The summed E-state index contributed by atoms with van der Waals surface area (Å²) in [6, 6.07) is 0. The first-order valence-corrected chi connectivity index (χ1v) is 3.79. The van der Waals surface area contributed by atoms with Crippen molar-refractivity contribution >= 4 is 27.9 Å². The van der Waals surface area contributed by atoms with Gasteiger partial charge in [-0.3, -0.25) is 5.01 Å².